The molecular weight excluding hydrogens is 514 g/mol. The van der Waals surface area contributed by atoms with Gasteiger partial charge in [0.05, 0.1) is 29.0 Å². The molecule has 37 heavy (non-hydrogen) atoms. The topological polar surface area (TPSA) is 93.4 Å². The van der Waals surface area contributed by atoms with Crippen molar-refractivity contribution in [3.63, 3.8) is 0 Å². The molecule has 2 N–H and O–H groups in total. The molecule has 8 nitrogen and oxygen atoms in total. The quantitative estimate of drug-likeness (QED) is 0.215. The van der Waals surface area contributed by atoms with E-state index in [2.05, 4.69) is 41.6 Å². The van der Waals surface area contributed by atoms with Gasteiger partial charge in [-0.1, -0.05) is 0 Å². The van der Waals surface area contributed by atoms with E-state index in [1.807, 2.05) is 44.5 Å². The second-order valence-electron chi connectivity index (χ2n) is 8.44. The van der Waals surface area contributed by atoms with Crippen LogP contribution in [0, 0.1) is 20.8 Å². The van der Waals surface area contributed by atoms with Gasteiger partial charge in [-0.25, -0.2) is 28.7 Å². The molecule has 0 atom stereocenters. The third-order valence-corrected chi connectivity index (χ3v) is 7.63. The molecule has 5 aromatic rings. The van der Waals surface area contributed by atoms with Gasteiger partial charge in [0.25, 0.3) is 6.43 Å². The average Bonchev–Trinajstić information content (AvgIpc) is 3.45. The number of benzene rings is 1. The second kappa shape index (κ2) is 10.0. The van der Waals surface area contributed by atoms with Crippen LogP contribution in [-0.2, 0) is 7.05 Å². The maximum absolute atomic E-state index is 13.7. The van der Waals surface area contributed by atoms with Crippen molar-refractivity contribution >= 4 is 57.3 Å². The van der Waals surface area contributed by atoms with Crippen LogP contribution in [0.1, 0.15) is 29.3 Å². The highest BCUT2D eigenvalue weighted by atomic mass is 32.2. The fraction of sp³-hybridized carbons (Fsp3) is 0.240. The highest BCUT2D eigenvalue weighted by Crippen LogP contribution is 2.37. The fourth-order valence-corrected chi connectivity index (χ4v) is 5.19. The van der Waals surface area contributed by atoms with Crippen molar-refractivity contribution in [1.82, 2.24) is 29.5 Å². The van der Waals surface area contributed by atoms with Crippen molar-refractivity contribution in [3.8, 4) is 10.6 Å². The van der Waals surface area contributed by atoms with E-state index in [9.17, 15) is 8.78 Å². The number of alkyl halides is 2. The summed E-state index contributed by atoms with van der Waals surface area (Å²) in [5.74, 6) is 0.579. The van der Waals surface area contributed by atoms with Gasteiger partial charge in [0.2, 0.25) is 0 Å². The zero-order valence-corrected chi connectivity index (χ0v) is 22.4. The molecule has 0 aliphatic heterocycles. The number of nitrogens with zero attached hydrogens (tertiary/aromatic N) is 6. The third-order valence-electron chi connectivity index (χ3n) is 5.84. The van der Waals surface area contributed by atoms with E-state index in [1.165, 1.54) is 11.6 Å². The van der Waals surface area contributed by atoms with Gasteiger partial charge >= 0.3 is 0 Å². The van der Waals surface area contributed by atoms with Crippen molar-refractivity contribution in [2.24, 2.45) is 7.05 Å². The minimum absolute atomic E-state index is 0.320. The minimum atomic E-state index is -2.74. The van der Waals surface area contributed by atoms with Gasteiger partial charge in [-0.05, 0) is 45.2 Å². The minimum Gasteiger partial charge on any atom is -0.353 e. The molecule has 0 spiro atoms. The summed E-state index contributed by atoms with van der Waals surface area (Å²) >= 11 is 3.17. The molecule has 12 heteroatoms. The van der Waals surface area contributed by atoms with Crippen LogP contribution >= 0.6 is 23.1 Å². The highest BCUT2D eigenvalue weighted by Gasteiger charge is 2.21. The Kier molecular flexibility index (Phi) is 6.78. The predicted molar refractivity (Wildman–Crippen MR) is 146 cm³/mol. The molecule has 0 radical (unpaired) electrons. The summed E-state index contributed by atoms with van der Waals surface area (Å²) in [6.07, 6.45) is 0.859. The summed E-state index contributed by atoms with van der Waals surface area (Å²) in [5.41, 5.74) is 5.63. The van der Waals surface area contributed by atoms with Gasteiger partial charge in [-0.3, -0.25) is 4.98 Å². The molecular formula is C25H24F2N8S2. The van der Waals surface area contributed by atoms with Gasteiger partial charge in [0, 0.05) is 34.6 Å². The number of thiazole rings is 1. The van der Waals surface area contributed by atoms with E-state index in [-0.39, 0.29) is 5.82 Å². The van der Waals surface area contributed by atoms with E-state index in [4.69, 9.17) is 0 Å². The van der Waals surface area contributed by atoms with Gasteiger partial charge in [0.1, 0.15) is 22.2 Å². The smallest absolute Gasteiger partial charge is 0.295 e. The molecule has 4 heterocycles. The Morgan fingerprint density at radius 2 is 1.76 bits per heavy atom. The second-order valence-corrected chi connectivity index (χ2v) is 10.1. The first-order valence-corrected chi connectivity index (χ1v) is 13.4. The lowest BCUT2D eigenvalue weighted by molar-refractivity contribution is 0.137. The summed E-state index contributed by atoms with van der Waals surface area (Å²) in [6.45, 7) is 5.72. The van der Waals surface area contributed by atoms with E-state index in [1.54, 1.807) is 35.4 Å². The highest BCUT2D eigenvalue weighted by molar-refractivity contribution is 7.98. The van der Waals surface area contributed by atoms with Crippen molar-refractivity contribution < 1.29 is 8.78 Å². The molecule has 0 fully saturated rings. The average molecular weight is 539 g/mol. The van der Waals surface area contributed by atoms with Gasteiger partial charge < -0.3 is 15.2 Å². The van der Waals surface area contributed by atoms with Crippen LogP contribution in [0.4, 0.5) is 31.8 Å². The van der Waals surface area contributed by atoms with Crippen molar-refractivity contribution in [2.45, 2.75) is 32.1 Å². The summed E-state index contributed by atoms with van der Waals surface area (Å²) in [7, 11) is 1.53. The Labute approximate surface area is 220 Å². The Bertz CT molecular complexity index is 1610. The SMILES string of the molecule is CSc1cc(-c2nc(C)cs2)ccc1Nc1cc(Nc2cnc(C)c(C)n2)nc2c1nc(C(F)F)n2C. The van der Waals surface area contributed by atoms with Gasteiger partial charge in [-0.2, -0.15) is 0 Å². The monoisotopic (exact) mass is 538 g/mol. The molecule has 0 amide bonds. The number of fused-ring (bicyclic) bond motifs is 1. The van der Waals surface area contributed by atoms with Crippen LogP contribution in [0.5, 0.6) is 0 Å². The number of nitrogens with one attached hydrogen (secondary N) is 2. The molecule has 0 aliphatic carbocycles. The summed E-state index contributed by atoms with van der Waals surface area (Å²) in [5, 5.41) is 9.51. The summed E-state index contributed by atoms with van der Waals surface area (Å²) in [6, 6.07) is 7.76. The molecule has 5 rings (SSSR count). The lowest BCUT2D eigenvalue weighted by atomic mass is 10.2. The largest absolute Gasteiger partial charge is 0.353 e. The molecule has 0 unspecified atom stereocenters. The Balaban J connectivity index is 1.58. The van der Waals surface area contributed by atoms with Crippen LogP contribution < -0.4 is 10.6 Å². The van der Waals surface area contributed by atoms with Crippen LogP contribution in [-0.4, -0.2) is 35.7 Å². The molecule has 0 bridgehead atoms. The molecule has 190 valence electrons. The third kappa shape index (κ3) is 4.98. The number of rotatable bonds is 7. The normalized spacial score (nSPS) is 11.5. The predicted octanol–water partition coefficient (Wildman–Crippen LogP) is 6.95. The van der Waals surface area contributed by atoms with Crippen molar-refractivity contribution in [2.75, 3.05) is 16.9 Å². The molecule has 0 saturated carbocycles. The first-order valence-electron chi connectivity index (χ1n) is 11.3. The summed E-state index contributed by atoms with van der Waals surface area (Å²) in [4.78, 5) is 23.2. The van der Waals surface area contributed by atoms with Crippen LogP contribution in [0.3, 0.4) is 0 Å². The Morgan fingerprint density at radius 1 is 0.946 bits per heavy atom. The van der Waals surface area contributed by atoms with Gasteiger partial charge in [0.15, 0.2) is 11.5 Å². The summed E-state index contributed by atoms with van der Waals surface area (Å²) < 4.78 is 28.7. The number of anilines is 4. The molecule has 1 aromatic carbocycles. The van der Waals surface area contributed by atoms with Crippen LogP contribution in [0.25, 0.3) is 21.7 Å². The van der Waals surface area contributed by atoms with E-state index < -0.39 is 6.43 Å². The standard InChI is InChI=1S/C25H24F2N8S2/c1-12-11-37-25(29-12)15-6-7-16(18(8-15)36-5)31-17-9-19(32-20-10-28-13(2)14(3)30-20)33-23-21(17)34-24(22(26)27)35(23)4/h6-11,22H,1-5H3,(H2,30,31,32,33). The molecule has 0 saturated heterocycles. The number of pyridine rings is 1. The number of thioether (sulfide) groups is 1. The number of hydrogen-bond donors (Lipinski definition) is 2. The zero-order chi connectivity index (χ0) is 26.3. The maximum Gasteiger partial charge on any atom is 0.295 e. The number of hydrogen-bond acceptors (Lipinski definition) is 9. The first-order chi connectivity index (χ1) is 17.7. The van der Waals surface area contributed by atoms with E-state index >= 15 is 0 Å². The number of imidazole rings is 1. The van der Waals surface area contributed by atoms with Crippen molar-refractivity contribution in [1.29, 1.82) is 0 Å². The maximum atomic E-state index is 13.7. The van der Waals surface area contributed by atoms with Gasteiger partial charge in [-0.15, -0.1) is 23.1 Å². The Morgan fingerprint density at radius 3 is 2.43 bits per heavy atom. The molecule has 4 aromatic heterocycles. The van der Waals surface area contributed by atoms with E-state index in [0.29, 0.717) is 28.5 Å². The number of halogens is 2. The lowest BCUT2D eigenvalue weighted by Crippen LogP contribution is -2.03. The number of aromatic nitrogens is 6. The lowest BCUT2D eigenvalue weighted by Gasteiger charge is -2.14. The van der Waals surface area contributed by atoms with Crippen LogP contribution in [0.15, 0.2) is 40.7 Å². The fourth-order valence-electron chi connectivity index (χ4n) is 3.81. The zero-order valence-electron chi connectivity index (χ0n) is 20.8. The Hall–Kier alpha value is -3.64. The first kappa shape index (κ1) is 25.0. The molecule has 0 aliphatic rings. The number of aryl methyl sites for hydroxylation is 4. The van der Waals surface area contributed by atoms with Crippen molar-refractivity contribution in [3.05, 3.63) is 58.7 Å². The van der Waals surface area contributed by atoms with E-state index in [0.717, 1.165) is 38.2 Å². The van der Waals surface area contributed by atoms with Crippen LogP contribution in [0.2, 0.25) is 0 Å².